The van der Waals surface area contributed by atoms with E-state index in [0.29, 0.717) is 12.3 Å². The van der Waals surface area contributed by atoms with Crippen molar-refractivity contribution in [1.82, 2.24) is 0 Å². The molecule has 2 aliphatic carbocycles. The van der Waals surface area contributed by atoms with Crippen molar-refractivity contribution in [2.45, 2.75) is 71.7 Å². The highest BCUT2D eigenvalue weighted by Gasteiger charge is 2.66. The number of aliphatic carboxylic acids is 1. The summed E-state index contributed by atoms with van der Waals surface area (Å²) in [6.07, 6.45) is 5.92. The molecule has 4 rings (SSSR count). The standard InChI is InChI=1S/C20H28O4/c1-11(2)12-5-6-18(3)7-8-19(4)14(16(12)18)9-15-13(17(21)22)10-20(19,23)24-15/h10-11,14-15,23H,5-9H2,1-4H3,(H,21,22). The van der Waals surface area contributed by atoms with Crippen LogP contribution in [0.15, 0.2) is 22.8 Å². The van der Waals surface area contributed by atoms with Gasteiger partial charge in [-0.3, -0.25) is 0 Å². The van der Waals surface area contributed by atoms with Crippen LogP contribution in [0.25, 0.3) is 0 Å². The highest BCUT2D eigenvalue weighted by atomic mass is 16.6. The third-order valence-corrected chi connectivity index (χ3v) is 7.49. The maximum Gasteiger partial charge on any atom is 0.334 e. The Morgan fingerprint density at radius 3 is 2.62 bits per heavy atom. The Kier molecular flexibility index (Phi) is 3.22. The van der Waals surface area contributed by atoms with Crippen LogP contribution in [0, 0.1) is 22.7 Å². The first-order valence-electron chi connectivity index (χ1n) is 9.21. The summed E-state index contributed by atoms with van der Waals surface area (Å²) in [4.78, 5) is 11.6. The third-order valence-electron chi connectivity index (χ3n) is 7.49. The Hall–Kier alpha value is -1.13. The molecule has 0 aromatic carbocycles. The number of aliphatic hydroxyl groups is 1. The van der Waals surface area contributed by atoms with Crippen molar-refractivity contribution < 1.29 is 19.7 Å². The molecule has 2 aliphatic heterocycles. The molecular formula is C20H28O4. The zero-order chi connectivity index (χ0) is 17.5. The SMILES string of the molecule is CC(C)C1=C2C3CC4OC(O)(C=C4C(=O)O)C3(C)CCC2(C)CC1. The number of carboxylic acids is 1. The van der Waals surface area contributed by atoms with E-state index in [2.05, 4.69) is 27.7 Å². The highest BCUT2D eigenvalue weighted by molar-refractivity contribution is 5.88. The summed E-state index contributed by atoms with van der Waals surface area (Å²) in [5, 5.41) is 20.7. The number of allylic oxidation sites excluding steroid dienone is 2. The van der Waals surface area contributed by atoms with Crippen LogP contribution < -0.4 is 0 Å². The van der Waals surface area contributed by atoms with Crippen molar-refractivity contribution >= 4 is 5.97 Å². The molecular weight excluding hydrogens is 304 g/mol. The zero-order valence-electron chi connectivity index (χ0n) is 15.1. The molecule has 2 N–H and O–H groups in total. The van der Waals surface area contributed by atoms with E-state index in [0.717, 1.165) is 19.3 Å². The van der Waals surface area contributed by atoms with E-state index in [1.54, 1.807) is 0 Å². The predicted octanol–water partition coefficient (Wildman–Crippen LogP) is 3.66. The van der Waals surface area contributed by atoms with E-state index in [1.165, 1.54) is 23.6 Å². The molecule has 2 fully saturated rings. The first-order chi connectivity index (χ1) is 11.1. The minimum Gasteiger partial charge on any atom is -0.478 e. The number of ether oxygens (including phenoxy) is 1. The first-order valence-corrected chi connectivity index (χ1v) is 9.21. The average molecular weight is 332 g/mol. The monoisotopic (exact) mass is 332 g/mol. The van der Waals surface area contributed by atoms with Crippen LogP contribution in [-0.2, 0) is 9.53 Å². The molecule has 4 nitrogen and oxygen atoms in total. The first kappa shape index (κ1) is 16.3. The lowest BCUT2D eigenvalue weighted by molar-refractivity contribution is -0.288. The predicted molar refractivity (Wildman–Crippen MR) is 90.2 cm³/mol. The van der Waals surface area contributed by atoms with Crippen molar-refractivity contribution in [3.63, 3.8) is 0 Å². The van der Waals surface area contributed by atoms with Crippen molar-refractivity contribution in [2.75, 3.05) is 0 Å². The van der Waals surface area contributed by atoms with Gasteiger partial charge in [-0.25, -0.2) is 4.79 Å². The molecule has 2 bridgehead atoms. The molecule has 0 aromatic rings. The van der Waals surface area contributed by atoms with E-state index in [1.807, 2.05) is 0 Å². The Labute approximate surface area is 143 Å². The number of hydrogen-bond acceptors (Lipinski definition) is 3. The molecule has 1 saturated heterocycles. The molecule has 0 aromatic heterocycles. The van der Waals surface area contributed by atoms with E-state index >= 15 is 0 Å². The highest BCUT2D eigenvalue weighted by Crippen LogP contribution is 2.67. The summed E-state index contributed by atoms with van der Waals surface area (Å²) in [6.45, 7) is 8.97. The van der Waals surface area contributed by atoms with E-state index in [-0.39, 0.29) is 16.9 Å². The van der Waals surface area contributed by atoms with Crippen LogP contribution in [0.5, 0.6) is 0 Å². The maximum atomic E-state index is 11.6. The zero-order valence-corrected chi connectivity index (χ0v) is 15.1. The molecule has 4 heteroatoms. The number of fused-ring (bicyclic) bond motifs is 6. The minimum atomic E-state index is -1.45. The van der Waals surface area contributed by atoms with Crippen LogP contribution >= 0.6 is 0 Å². The molecule has 132 valence electrons. The molecule has 5 unspecified atom stereocenters. The van der Waals surface area contributed by atoms with Gasteiger partial charge in [0.25, 0.3) is 0 Å². The van der Waals surface area contributed by atoms with Crippen LogP contribution in [0.2, 0.25) is 0 Å². The third kappa shape index (κ3) is 1.84. The van der Waals surface area contributed by atoms with Gasteiger partial charge in [-0.15, -0.1) is 0 Å². The molecule has 2 heterocycles. The second kappa shape index (κ2) is 4.73. The Bertz CT molecular complexity index is 675. The summed E-state index contributed by atoms with van der Waals surface area (Å²) in [6, 6.07) is 0. The van der Waals surface area contributed by atoms with Gasteiger partial charge in [0.15, 0.2) is 5.79 Å². The van der Waals surface area contributed by atoms with Gasteiger partial charge >= 0.3 is 5.97 Å². The second-order valence-electron chi connectivity index (χ2n) is 9.07. The summed E-state index contributed by atoms with van der Waals surface area (Å²) in [5.41, 5.74) is 3.05. The lowest BCUT2D eigenvalue weighted by atomic mass is 9.52. The molecule has 0 spiro atoms. The fourth-order valence-electron chi connectivity index (χ4n) is 5.91. The van der Waals surface area contributed by atoms with Crippen molar-refractivity contribution in [3.05, 3.63) is 22.8 Å². The normalized spacial score (nSPS) is 46.8. The lowest BCUT2D eigenvalue weighted by Gasteiger charge is -2.57. The van der Waals surface area contributed by atoms with E-state index in [9.17, 15) is 15.0 Å². The lowest BCUT2D eigenvalue weighted by Crippen LogP contribution is -2.58. The van der Waals surface area contributed by atoms with Gasteiger partial charge in [-0.05, 0) is 55.4 Å². The summed E-state index contributed by atoms with van der Waals surface area (Å²) < 4.78 is 5.87. The van der Waals surface area contributed by atoms with Gasteiger partial charge < -0.3 is 14.9 Å². The number of rotatable bonds is 2. The smallest absolute Gasteiger partial charge is 0.334 e. The van der Waals surface area contributed by atoms with E-state index in [4.69, 9.17) is 4.74 Å². The minimum absolute atomic E-state index is 0.202. The molecule has 1 saturated carbocycles. The van der Waals surface area contributed by atoms with Crippen LogP contribution in [0.3, 0.4) is 0 Å². The van der Waals surface area contributed by atoms with Gasteiger partial charge in [-0.1, -0.05) is 38.8 Å². The number of hydrogen-bond donors (Lipinski definition) is 2. The van der Waals surface area contributed by atoms with Gasteiger partial charge in [0.1, 0.15) is 0 Å². The summed E-state index contributed by atoms with van der Waals surface area (Å²) in [5.74, 6) is -1.71. The average Bonchev–Trinajstić information content (AvgIpc) is 2.99. The summed E-state index contributed by atoms with van der Waals surface area (Å²) in [7, 11) is 0. The fraction of sp³-hybridized carbons (Fsp3) is 0.750. The Morgan fingerprint density at radius 2 is 2.00 bits per heavy atom. The van der Waals surface area contributed by atoms with Crippen LogP contribution in [0.1, 0.15) is 59.8 Å². The largest absolute Gasteiger partial charge is 0.478 e. The molecule has 24 heavy (non-hydrogen) atoms. The van der Waals surface area contributed by atoms with Crippen molar-refractivity contribution in [2.24, 2.45) is 22.7 Å². The Morgan fingerprint density at radius 1 is 1.29 bits per heavy atom. The van der Waals surface area contributed by atoms with Gasteiger partial charge in [0, 0.05) is 5.41 Å². The molecule has 0 radical (unpaired) electrons. The van der Waals surface area contributed by atoms with Crippen LogP contribution in [-0.4, -0.2) is 28.1 Å². The number of carbonyl (C=O) groups is 1. The number of carboxylic acid groups (broad SMARTS) is 1. The van der Waals surface area contributed by atoms with E-state index < -0.39 is 23.3 Å². The second-order valence-corrected chi connectivity index (χ2v) is 9.07. The molecule has 4 aliphatic rings. The fourth-order valence-corrected chi connectivity index (χ4v) is 5.91. The van der Waals surface area contributed by atoms with Gasteiger partial charge in [-0.2, -0.15) is 0 Å². The maximum absolute atomic E-state index is 11.6. The topological polar surface area (TPSA) is 66.8 Å². The van der Waals surface area contributed by atoms with Crippen molar-refractivity contribution in [3.8, 4) is 0 Å². The van der Waals surface area contributed by atoms with Crippen molar-refractivity contribution in [1.29, 1.82) is 0 Å². The van der Waals surface area contributed by atoms with Gasteiger partial charge in [0.05, 0.1) is 11.7 Å². The Balaban J connectivity index is 1.86. The quantitative estimate of drug-likeness (QED) is 0.757. The van der Waals surface area contributed by atoms with Crippen LogP contribution in [0.4, 0.5) is 0 Å². The van der Waals surface area contributed by atoms with Gasteiger partial charge in [0.2, 0.25) is 0 Å². The molecule has 5 atom stereocenters. The molecule has 0 amide bonds. The summed E-state index contributed by atoms with van der Waals surface area (Å²) >= 11 is 0.